The number of halogens is 1. The summed E-state index contributed by atoms with van der Waals surface area (Å²) in [5, 5.41) is 8.68. The quantitative estimate of drug-likeness (QED) is 0.799. The fraction of sp³-hybridized carbons (Fsp3) is 0.364. The molecule has 0 saturated heterocycles. The largest absolute Gasteiger partial charge is 0.481 e. The molecule has 2 rings (SSSR count). The third-order valence-electron chi connectivity index (χ3n) is 2.63. The molecular weight excluding hydrogens is 183 g/mol. The average Bonchev–Trinajstić information content (AvgIpc) is 2.84. The molecule has 2 atom stereocenters. The van der Waals surface area contributed by atoms with Crippen molar-refractivity contribution in [2.45, 2.75) is 12.8 Å². The summed E-state index contributed by atoms with van der Waals surface area (Å²) in [7, 11) is 0. The Kier molecular flexibility index (Phi) is 2.23. The minimum atomic E-state index is -0.730. The summed E-state index contributed by atoms with van der Waals surface area (Å²) in [6.07, 6.45) is 1.40. The van der Waals surface area contributed by atoms with Crippen LogP contribution in [0.15, 0.2) is 24.3 Å². The lowest BCUT2D eigenvalue weighted by Gasteiger charge is -1.98. The SMILES string of the molecule is O=C(O)[C@H]1C[C@@H]1Cc1cccc(F)c1. The average molecular weight is 194 g/mol. The first kappa shape index (κ1) is 9.19. The fourth-order valence-corrected chi connectivity index (χ4v) is 1.74. The van der Waals surface area contributed by atoms with Crippen molar-refractivity contribution in [3.8, 4) is 0 Å². The zero-order chi connectivity index (χ0) is 10.1. The zero-order valence-electron chi connectivity index (χ0n) is 7.61. The summed E-state index contributed by atoms with van der Waals surface area (Å²) in [4.78, 5) is 10.6. The summed E-state index contributed by atoms with van der Waals surface area (Å²) in [6.45, 7) is 0. The van der Waals surface area contributed by atoms with Gasteiger partial charge in [-0.25, -0.2) is 4.39 Å². The summed E-state index contributed by atoms with van der Waals surface area (Å²) in [5.41, 5.74) is 0.888. The van der Waals surface area contributed by atoms with Gasteiger partial charge < -0.3 is 5.11 Å². The maximum absolute atomic E-state index is 12.8. The molecule has 1 N–H and O–H groups in total. The van der Waals surface area contributed by atoms with Gasteiger partial charge in [0, 0.05) is 0 Å². The molecular formula is C11H11FO2. The summed E-state index contributed by atoms with van der Waals surface area (Å²) >= 11 is 0. The molecule has 2 nitrogen and oxygen atoms in total. The summed E-state index contributed by atoms with van der Waals surface area (Å²) in [6, 6.07) is 6.35. The second kappa shape index (κ2) is 3.40. The maximum atomic E-state index is 12.8. The van der Waals surface area contributed by atoms with Crippen LogP contribution in [-0.2, 0) is 11.2 Å². The van der Waals surface area contributed by atoms with Gasteiger partial charge in [-0.2, -0.15) is 0 Å². The first-order valence-electron chi connectivity index (χ1n) is 4.64. The highest BCUT2D eigenvalue weighted by molar-refractivity contribution is 5.73. The normalized spacial score (nSPS) is 24.6. The monoisotopic (exact) mass is 194 g/mol. The van der Waals surface area contributed by atoms with Crippen LogP contribution in [-0.4, -0.2) is 11.1 Å². The lowest BCUT2D eigenvalue weighted by molar-refractivity contribution is -0.138. The van der Waals surface area contributed by atoms with Crippen molar-refractivity contribution in [2.24, 2.45) is 11.8 Å². The number of benzene rings is 1. The van der Waals surface area contributed by atoms with Gasteiger partial charge in [-0.15, -0.1) is 0 Å². The van der Waals surface area contributed by atoms with Crippen molar-refractivity contribution in [3.05, 3.63) is 35.6 Å². The molecule has 1 fully saturated rings. The van der Waals surface area contributed by atoms with Gasteiger partial charge in [0.15, 0.2) is 0 Å². The molecule has 1 aliphatic carbocycles. The topological polar surface area (TPSA) is 37.3 Å². The molecule has 0 heterocycles. The highest BCUT2D eigenvalue weighted by Crippen LogP contribution is 2.41. The molecule has 0 spiro atoms. The van der Waals surface area contributed by atoms with Crippen LogP contribution in [0.2, 0.25) is 0 Å². The molecule has 1 aliphatic rings. The first-order valence-corrected chi connectivity index (χ1v) is 4.64. The molecule has 0 amide bonds. The molecule has 0 aliphatic heterocycles. The van der Waals surface area contributed by atoms with E-state index in [9.17, 15) is 9.18 Å². The molecule has 14 heavy (non-hydrogen) atoms. The number of carboxylic acid groups (broad SMARTS) is 1. The van der Waals surface area contributed by atoms with E-state index in [1.807, 2.05) is 6.07 Å². The number of hydrogen-bond acceptors (Lipinski definition) is 1. The second-order valence-electron chi connectivity index (χ2n) is 3.77. The van der Waals surface area contributed by atoms with Crippen molar-refractivity contribution in [2.75, 3.05) is 0 Å². The van der Waals surface area contributed by atoms with Crippen molar-refractivity contribution < 1.29 is 14.3 Å². The maximum Gasteiger partial charge on any atom is 0.306 e. The minimum Gasteiger partial charge on any atom is -0.481 e. The predicted octanol–water partition coefficient (Wildman–Crippen LogP) is 2.09. The Morgan fingerprint density at radius 1 is 1.57 bits per heavy atom. The summed E-state index contributed by atoms with van der Waals surface area (Å²) in [5.74, 6) is -0.992. The van der Waals surface area contributed by atoms with Crippen LogP contribution in [0.1, 0.15) is 12.0 Å². The van der Waals surface area contributed by atoms with E-state index in [0.29, 0.717) is 6.42 Å². The standard InChI is InChI=1S/C11H11FO2/c12-9-3-1-2-7(5-9)4-8-6-10(8)11(13)14/h1-3,5,8,10H,4,6H2,(H,13,14)/t8-,10-/m0/s1. The van der Waals surface area contributed by atoms with E-state index in [-0.39, 0.29) is 17.7 Å². The van der Waals surface area contributed by atoms with E-state index < -0.39 is 5.97 Å². The Balaban J connectivity index is 1.97. The van der Waals surface area contributed by atoms with Crippen LogP contribution in [0.25, 0.3) is 0 Å². The Morgan fingerprint density at radius 3 is 2.93 bits per heavy atom. The molecule has 0 aromatic heterocycles. The highest BCUT2D eigenvalue weighted by Gasteiger charge is 2.42. The molecule has 74 valence electrons. The second-order valence-corrected chi connectivity index (χ2v) is 3.77. The molecule has 1 aromatic carbocycles. The Hall–Kier alpha value is -1.38. The number of carboxylic acids is 1. The number of carbonyl (C=O) groups is 1. The van der Waals surface area contributed by atoms with Gasteiger partial charge in [0.2, 0.25) is 0 Å². The first-order chi connectivity index (χ1) is 6.66. The van der Waals surface area contributed by atoms with Crippen LogP contribution in [0, 0.1) is 17.7 Å². The van der Waals surface area contributed by atoms with Gasteiger partial charge in [0.05, 0.1) is 5.92 Å². The zero-order valence-corrected chi connectivity index (χ0v) is 7.61. The van der Waals surface area contributed by atoms with E-state index in [2.05, 4.69) is 0 Å². The number of hydrogen-bond donors (Lipinski definition) is 1. The Bertz CT molecular complexity index is 362. The van der Waals surface area contributed by atoms with Crippen molar-refractivity contribution in [1.29, 1.82) is 0 Å². The van der Waals surface area contributed by atoms with Crippen LogP contribution >= 0.6 is 0 Å². The third kappa shape index (κ3) is 1.92. The number of aliphatic carboxylic acids is 1. The van der Waals surface area contributed by atoms with E-state index >= 15 is 0 Å². The van der Waals surface area contributed by atoms with E-state index in [1.165, 1.54) is 12.1 Å². The van der Waals surface area contributed by atoms with Gasteiger partial charge in [-0.1, -0.05) is 12.1 Å². The van der Waals surface area contributed by atoms with Gasteiger partial charge in [0.25, 0.3) is 0 Å². The van der Waals surface area contributed by atoms with Gasteiger partial charge in [-0.05, 0) is 36.5 Å². The van der Waals surface area contributed by atoms with Crippen molar-refractivity contribution in [3.63, 3.8) is 0 Å². The van der Waals surface area contributed by atoms with Crippen LogP contribution in [0.5, 0.6) is 0 Å². The predicted molar refractivity (Wildman–Crippen MR) is 49.3 cm³/mol. The molecule has 0 unspecified atom stereocenters. The van der Waals surface area contributed by atoms with E-state index in [4.69, 9.17) is 5.11 Å². The molecule has 0 radical (unpaired) electrons. The Morgan fingerprint density at radius 2 is 2.36 bits per heavy atom. The summed E-state index contributed by atoms with van der Waals surface area (Å²) < 4.78 is 12.8. The molecule has 1 aromatic rings. The van der Waals surface area contributed by atoms with E-state index in [0.717, 1.165) is 12.0 Å². The molecule has 3 heteroatoms. The van der Waals surface area contributed by atoms with Crippen molar-refractivity contribution in [1.82, 2.24) is 0 Å². The van der Waals surface area contributed by atoms with Crippen LogP contribution < -0.4 is 0 Å². The van der Waals surface area contributed by atoms with Crippen LogP contribution in [0.4, 0.5) is 4.39 Å². The highest BCUT2D eigenvalue weighted by atomic mass is 19.1. The molecule has 1 saturated carbocycles. The minimum absolute atomic E-state index is 0.203. The van der Waals surface area contributed by atoms with Crippen molar-refractivity contribution >= 4 is 5.97 Å². The number of rotatable bonds is 3. The van der Waals surface area contributed by atoms with Gasteiger partial charge in [-0.3, -0.25) is 4.79 Å². The smallest absolute Gasteiger partial charge is 0.306 e. The lowest BCUT2D eigenvalue weighted by Crippen LogP contribution is -2.01. The third-order valence-corrected chi connectivity index (χ3v) is 2.63. The lowest BCUT2D eigenvalue weighted by atomic mass is 10.1. The van der Waals surface area contributed by atoms with Crippen LogP contribution in [0.3, 0.4) is 0 Å². The van der Waals surface area contributed by atoms with Gasteiger partial charge >= 0.3 is 5.97 Å². The van der Waals surface area contributed by atoms with Gasteiger partial charge in [0.1, 0.15) is 5.82 Å². The fourth-order valence-electron chi connectivity index (χ4n) is 1.74. The molecule has 0 bridgehead atoms. The van der Waals surface area contributed by atoms with E-state index in [1.54, 1.807) is 6.07 Å². The Labute approximate surface area is 81.4 Å².